The second-order valence-electron chi connectivity index (χ2n) is 6.33. The number of hydrogen-bond acceptors (Lipinski definition) is 7. The Morgan fingerprint density at radius 3 is 2.41 bits per heavy atom. The van der Waals surface area contributed by atoms with Crippen molar-refractivity contribution in [2.45, 2.75) is 52.2 Å². The number of hydrogen-bond donors (Lipinski definition) is 2. The molecule has 8 nitrogen and oxygen atoms in total. The fourth-order valence-corrected chi connectivity index (χ4v) is 4.10. The Morgan fingerprint density at radius 2 is 1.89 bits per heavy atom. The molecule has 0 aliphatic rings. The molecule has 2 aromatic rings. The third-order valence-electron chi connectivity index (χ3n) is 4.70. The van der Waals surface area contributed by atoms with E-state index in [4.69, 9.17) is 9.47 Å². The molecule has 2 rings (SSSR count). The molecule has 0 atom stereocenters. The molecular weight excluding hydrogens is 370 g/mol. The topological polar surface area (TPSA) is 111 Å². The second-order valence-corrected chi connectivity index (χ2v) is 7.33. The fourth-order valence-electron chi connectivity index (χ4n) is 3.01. The predicted octanol–water partition coefficient (Wildman–Crippen LogP) is 2.92. The van der Waals surface area contributed by atoms with Crippen molar-refractivity contribution in [3.8, 4) is 5.88 Å². The van der Waals surface area contributed by atoms with Gasteiger partial charge >= 0.3 is 5.97 Å². The number of aryl methyl sites for hydroxylation is 1. The molecule has 0 bridgehead atoms. The number of aliphatic carboxylic acids is 1. The molecule has 0 saturated heterocycles. The molecular formula is C18H25N3O5S. The molecule has 2 heterocycles. The monoisotopic (exact) mass is 395 g/mol. The molecule has 0 saturated carbocycles. The number of carboxylic acid groups (broad SMARTS) is 1. The Bertz CT molecular complexity index is 845. The van der Waals surface area contributed by atoms with Crippen molar-refractivity contribution < 1.29 is 24.2 Å². The van der Waals surface area contributed by atoms with Gasteiger partial charge in [0.2, 0.25) is 5.88 Å². The number of nitrogens with one attached hydrogen (secondary N) is 1. The van der Waals surface area contributed by atoms with E-state index in [9.17, 15) is 14.7 Å². The Labute approximate surface area is 161 Å². The van der Waals surface area contributed by atoms with Crippen molar-refractivity contribution in [3.05, 3.63) is 16.3 Å². The van der Waals surface area contributed by atoms with Gasteiger partial charge in [0.05, 0.1) is 29.3 Å². The smallest absolute Gasteiger partial charge is 0.305 e. The summed E-state index contributed by atoms with van der Waals surface area (Å²) in [5, 5.41) is 12.8. The Hall–Kier alpha value is -2.26. The number of carboxylic acids is 1. The van der Waals surface area contributed by atoms with E-state index in [1.807, 2.05) is 20.8 Å². The summed E-state index contributed by atoms with van der Waals surface area (Å²) in [6, 6.07) is 0. The van der Waals surface area contributed by atoms with Crippen LogP contribution < -0.4 is 10.1 Å². The number of fused-ring (bicyclic) bond motifs is 1. The zero-order valence-electron chi connectivity index (χ0n) is 16.2. The first-order valence-corrected chi connectivity index (χ1v) is 9.49. The van der Waals surface area contributed by atoms with Gasteiger partial charge in [0.1, 0.15) is 11.4 Å². The molecule has 0 aliphatic heterocycles. The van der Waals surface area contributed by atoms with Gasteiger partial charge in [0.15, 0.2) is 5.82 Å². The van der Waals surface area contributed by atoms with Crippen LogP contribution in [0.15, 0.2) is 0 Å². The number of nitrogens with zero attached hydrogens (tertiary/aromatic N) is 2. The maximum atomic E-state index is 13.0. The van der Waals surface area contributed by atoms with E-state index in [0.29, 0.717) is 45.2 Å². The lowest BCUT2D eigenvalue weighted by Gasteiger charge is -2.31. The second kappa shape index (κ2) is 8.62. The first kappa shape index (κ1) is 21.0. The number of methoxy groups -OCH3 is 2. The molecule has 2 aromatic heterocycles. The first-order valence-electron chi connectivity index (χ1n) is 8.68. The van der Waals surface area contributed by atoms with E-state index >= 15 is 0 Å². The van der Waals surface area contributed by atoms with Crippen molar-refractivity contribution in [2.24, 2.45) is 0 Å². The summed E-state index contributed by atoms with van der Waals surface area (Å²) >= 11 is 1.24. The highest BCUT2D eigenvalue weighted by Crippen LogP contribution is 2.35. The minimum atomic E-state index is -0.941. The van der Waals surface area contributed by atoms with Crippen LogP contribution in [0.5, 0.6) is 5.88 Å². The van der Waals surface area contributed by atoms with Crippen LogP contribution >= 0.6 is 11.3 Å². The first-order chi connectivity index (χ1) is 12.8. The highest BCUT2D eigenvalue weighted by Gasteiger charge is 2.33. The quantitative estimate of drug-likeness (QED) is 0.671. The number of thiophene rings is 1. The van der Waals surface area contributed by atoms with Crippen LogP contribution in [0.2, 0.25) is 0 Å². The van der Waals surface area contributed by atoms with Gasteiger partial charge in [0.25, 0.3) is 5.91 Å². The van der Waals surface area contributed by atoms with E-state index in [2.05, 4.69) is 15.3 Å². The molecule has 0 unspecified atom stereocenters. The minimum Gasteiger partial charge on any atom is -0.481 e. The molecule has 27 heavy (non-hydrogen) atoms. The van der Waals surface area contributed by atoms with Crippen molar-refractivity contribution in [1.29, 1.82) is 0 Å². The molecule has 0 spiro atoms. The van der Waals surface area contributed by atoms with E-state index in [0.717, 1.165) is 0 Å². The van der Waals surface area contributed by atoms with Crippen LogP contribution in [-0.4, -0.2) is 46.7 Å². The van der Waals surface area contributed by atoms with Crippen LogP contribution in [-0.2, 0) is 16.1 Å². The summed E-state index contributed by atoms with van der Waals surface area (Å²) in [5.74, 6) is -0.389. The van der Waals surface area contributed by atoms with Crippen LogP contribution in [0.4, 0.5) is 0 Å². The number of amides is 1. The van der Waals surface area contributed by atoms with E-state index < -0.39 is 11.5 Å². The van der Waals surface area contributed by atoms with Crippen LogP contribution in [0.25, 0.3) is 10.2 Å². The van der Waals surface area contributed by atoms with Crippen LogP contribution in [0, 0.1) is 6.92 Å². The zero-order chi connectivity index (χ0) is 20.2. The summed E-state index contributed by atoms with van der Waals surface area (Å²) in [4.78, 5) is 34.1. The summed E-state index contributed by atoms with van der Waals surface area (Å²) in [6.45, 7) is 5.79. The highest BCUT2D eigenvalue weighted by atomic mass is 32.1. The number of carbonyl (C=O) groups excluding carboxylic acids is 1. The lowest BCUT2D eigenvalue weighted by Crippen LogP contribution is -2.49. The Morgan fingerprint density at radius 1 is 1.22 bits per heavy atom. The van der Waals surface area contributed by atoms with Crippen LogP contribution in [0.1, 0.15) is 54.2 Å². The maximum absolute atomic E-state index is 13.0. The predicted molar refractivity (Wildman–Crippen MR) is 102 cm³/mol. The summed E-state index contributed by atoms with van der Waals surface area (Å²) in [7, 11) is 3.07. The van der Waals surface area contributed by atoms with Gasteiger partial charge in [-0.05, 0) is 25.3 Å². The number of aromatic nitrogens is 2. The van der Waals surface area contributed by atoms with Crippen molar-refractivity contribution in [2.75, 3.05) is 14.2 Å². The molecule has 2 N–H and O–H groups in total. The van der Waals surface area contributed by atoms with Crippen molar-refractivity contribution >= 4 is 33.4 Å². The van der Waals surface area contributed by atoms with Gasteiger partial charge in [0, 0.05) is 7.11 Å². The van der Waals surface area contributed by atoms with Gasteiger partial charge in [-0.3, -0.25) is 9.59 Å². The SMILES string of the molecule is CCC(CC)(CC(=O)O)NC(=O)c1sc2nc(COC)nc(OC)c2c1C. The maximum Gasteiger partial charge on any atom is 0.305 e. The van der Waals surface area contributed by atoms with Crippen LogP contribution in [0.3, 0.4) is 0 Å². The van der Waals surface area contributed by atoms with E-state index in [1.54, 1.807) is 7.11 Å². The molecule has 9 heteroatoms. The van der Waals surface area contributed by atoms with Gasteiger partial charge < -0.3 is 19.9 Å². The third kappa shape index (κ3) is 4.36. The Kier molecular flexibility index (Phi) is 6.72. The lowest BCUT2D eigenvalue weighted by molar-refractivity contribution is -0.138. The molecule has 0 radical (unpaired) electrons. The number of carbonyl (C=O) groups is 2. The third-order valence-corrected chi connectivity index (χ3v) is 5.88. The average Bonchev–Trinajstić information content (AvgIpc) is 2.97. The normalized spacial score (nSPS) is 11.6. The van der Waals surface area contributed by atoms with Crippen molar-refractivity contribution in [1.82, 2.24) is 15.3 Å². The van der Waals surface area contributed by atoms with E-state index in [1.165, 1.54) is 18.4 Å². The van der Waals surface area contributed by atoms with Gasteiger partial charge in [-0.25, -0.2) is 4.98 Å². The summed E-state index contributed by atoms with van der Waals surface area (Å²) in [5.41, 5.74) is -0.0764. The van der Waals surface area contributed by atoms with Gasteiger partial charge in [-0.1, -0.05) is 13.8 Å². The molecule has 1 amide bonds. The van der Waals surface area contributed by atoms with E-state index in [-0.39, 0.29) is 18.9 Å². The average molecular weight is 395 g/mol. The fraction of sp³-hybridized carbons (Fsp3) is 0.556. The van der Waals surface area contributed by atoms with Gasteiger partial charge in [-0.15, -0.1) is 11.3 Å². The zero-order valence-corrected chi connectivity index (χ0v) is 17.0. The highest BCUT2D eigenvalue weighted by molar-refractivity contribution is 7.20. The largest absolute Gasteiger partial charge is 0.481 e. The minimum absolute atomic E-state index is 0.128. The number of ether oxygens (including phenoxy) is 2. The van der Waals surface area contributed by atoms with Gasteiger partial charge in [-0.2, -0.15) is 4.98 Å². The number of rotatable bonds is 9. The summed E-state index contributed by atoms with van der Waals surface area (Å²) in [6.07, 6.45) is 0.913. The standard InChI is InChI=1S/C18H25N3O5S/c1-6-18(7-2,8-12(22)23)21-15(24)14-10(3)13-16(26-5)19-11(9-25-4)20-17(13)27-14/h6-9H2,1-5H3,(H,21,24)(H,22,23). The molecule has 0 aromatic carbocycles. The molecule has 0 aliphatic carbocycles. The Balaban J connectivity index is 2.47. The molecule has 148 valence electrons. The summed E-state index contributed by atoms with van der Waals surface area (Å²) < 4.78 is 10.5. The lowest BCUT2D eigenvalue weighted by atomic mass is 9.89. The van der Waals surface area contributed by atoms with Crippen molar-refractivity contribution in [3.63, 3.8) is 0 Å². The molecule has 0 fully saturated rings.